The number of carbonyl (C=O) groups is 2. The van der Waals surface area contributed by atoms with E-state index in [2.05, 4.69) is 0 Å². The van der Waals surface area contributed by atoms with E-state index < -0.39 is 5.97 Å². The van der Waals surface area contributed by atoms with Gasteiger partial charge in [-0.05, 0) is 18.8 Å². The molecule has 1 heterocycles. The van der Waals surface area contributed by atoms with Crippen LogP contribution in [0.1, 0.15) is 19.3 Å². The molecule has 72 valence electrons. The highest BCUT2D eigenvalue weighted by Crippen LogP contribution is 2.41. The molecule has 0 radical (unpaired) electrons. The number of amides is 1. The Morgan fingerprint density at radius 3 is 2.85 bits per heavy atom. The fourth-order valence-corrected chi connectivity index (χ4v) is 2.68. The number of rotatable bonds is 1. The topological polar surface area (TPSA) is 57.6 Å². The Kier molecular flexibility index (Phi) is 1.78. The minimum atomic E-state index is -0.756. The molecule has 1 aliphatic carbocycles. The lowest BCUT2D eigenvalue weighted by Gasteiger charge is -2.22. The van der Waals surface area contributed by atoms with Crippen LogP contribution in [-0.4, -0.2) is 35.0 Å². The summed E-state index contributed by atoms with van der Waals surface area (Å²) in [6, 6.07) is -0.0370. The summed E-state index contributed by atoms with van der Waals surface area (Å²) in [6.07, 6.45) is 2.16. The molecule has 1 N–H and O–H groups in total. The van der Waals surface area contributed by atoms with Gasteiger partial charge in [0, 0.05) is 19.5 Å². The van der Waals surface area contributed by atoms with Crippen molar-refractivity contribution in [2.45, 2.75) is 25.3 Å². The molecule has 4 nitrogen and oxygen atoms in total. The molecule has 3 atom stereocenters. The highest BCUT2D eigenvalue weighted by molar-refractivity contribution is 5.81. The summed E-state index contributed by atoms with van der Waals surface area (Å²) in [4.78, 5) is 23.8. The second-order valence-electron chi connectivity index (χ2n) is 3.98. The minimum Gasteiger partial charge on any atom is -0.481 e. The predicted molar refractivity (Wildman–Crippen MR) is 45.0 cm³/mol. The van der Waals surface area contributed by atoms with Crippen LogP contribution in [0.15, 0.2) is 0 Å². The van der Waals surface area contributed by atoms with Crippen LogP contribution in [-0.2, 0) is 9.59 Å². The molecule has 0 spiro atoms. The van der Waals surface area contributed by atoms with Gasteiger partial charge in [-0.15, -0.1) is 0 Å². The van der Waals surface area contributed by atoms with Gasteiger partial charge < -0.3 is 10.0 Å². The van der Waals surface area contributed by atoms with Gasteiger partial charge in [0.25, 0.3) is 0 Å². The zero-order valence-electron chi connectivity index (χ0n) is 7.56. The third kappa shape index (κ3) is 1.12. The van der Waals surface area contributed by atoms with E-state index in [0.717, 1.165) is 12.8 Å². The van der Waals surface area contributed by atoms with Crippen LogP contribution in [0.3, 0.4) is 0 Å². The van der Waals surface area contributed by atoms with E-state index in [1.165, 1.54) is 0 Å². The Bertz CT molecular complexity index is 264. The molecule has 0 aromatic carbocycles. The highest BCUT2D eigenvalue weighted by atomic mass is 16.4. The predicted octanol–water partition coefficient (Wildman–Crippen LogP) is 0.328. The highest BCUT2D eigenvalue weighted by Gasteiger charge is 2.49. The van der Waals surface area contributed by atoms with Crippen molar-refractivity contribution in [1.29, 1.82) is 0 Å². The van der Waals surface area contributed by atoms with Gasteiger partial charge in [-0.3, -0.25) is 9.59 Å². The first kappa shape index (κ1) is 8.53. The second-order valence-corrected chi connectivity index (χ2v) is 3.98. The van der Waals surface area contributed by atoms with Crippen molar-refractivity contribution >= 4 is 11.9 Å². The number of nitrogens with zero attached hydrogens (tertiary/aromatic N) is 1. The van der Waals surface area contributed by atoms with Gasteiger partial charge in [-0.25, -0.2) is 0 Å². The number of aliphatic carboxylic acids is 1. The Balaban J connectivity index is 2.21. The third-order valence-corrected chi connectivity index (χ3v) is 3.34. The number of likely N-dealkylation sites (tertiary alicyclic amines) is 1. The maximum absolute atomic E-state index is 11.3. The molecular formula is C9H13NO3. The van der Waals surface area contributed by atoms with Crippen LogP contribution in [0.4, 0.5) is 0 Å². The number of hydrogen-bond acceptors (Lipinski definition) is 2. The van der Waals surface area contributed by atoms with Crippen molar-refractivity contribution in [1.82, 2.24) is 4.90 Å². The lowest BCUT2D eigenvalue weighted by atomic mass is 9.99. The average molecular weight is 183 g/mol. The number of carboxylic acids is 1. The Morgan fingerprint density at radius 1 is 1.54 bits per heavy atom. The molecule has 13 heavy (non-hydrogen) atoms. The summed E-state index contributed by atoms with van der Waals surface area (Å²) < 4.78 is 0. The molecule has 1 amide bonds. The fourth-order valence-electron chi connectivity index (χ4n) is 2.68. The molecule has 2 fully saturated rings. The van der Waals surface area contributed by atoms with E-state index in [4.69, 9.17) is 5.11 Å². The summed E-state index contributed by atoms with van der Waals surface area (Å²) in [7, 11) is 1.72. The van der Waals surface area contributed by atoms with Crippen molar-refractivity contribution in [3.8, 4) is 0 Å². The van der Waals surface area contributed by atoms with E-state index in [1.54, 1.807) is 11.9 Å². The van der Waals surface area contributed by atoms with Crippen molar-refractivity contribution in [3.05, 3.63) is 0 Å². The Labute approximate surface area is 76.5 Å². The van der Waals surface area contributed by atoms with E-state index in [1.807, 2.05) is 0 Å². The van der Waals surface area contributed by atoms with Gasteiger partial charge in [0.1, 0.15) is 0 Å². The summed E-state index contributed by atoms with van der Waals surface area (Å²) in [6.45, 7) is 0. The van der Waals surface area contributed by atoms with E-state index in [0.29, 0.717) is 12.3 Å². The summed E-state index contributed by atoms with van der Waals surface area (Å²) in [5, 5.41) is 8.93. The van der Waals surface area contributed by atoms with Crippen molar-refractivity contribution in [2.24, 2.45) is 11.8 Å². The van der Waals surface area contributed by atoms with Crippen LogP contribution < -0.4 is 0 Å². The van der Waals surface area contributed by atoms with Crippen molar-refractivity contribution in [2.75, 3.05) is 7.05 Å². The van der Waals surface area contributed by atoms with Crippen LogP contribution in [0.25, 0.3) is 0 Å². The van der Waals surface area contributed by atoms with Gasteiger partial charge in [0.05, 0.1) is 5.92 Å². The third-order valence-electron chi connectivity index (χ3n) is 3.34. The first-order valence-corrected chi connectivity index (χ1v) is 4.59. The zero-order chi connectivity index (χ0) is 9.59. The van der Waals surface area contributed by atoms with Crippen molar-refractivity contribution < 1.29 is 14.7 Å². The first-order chi connectivity index (χ1) is 6.11. The Morgan fingerprint density at radius 2 is 2.23 bits per heavy atom. The average Bonchev–Trinajstić information content (AvgIpc) is 2.55. The van der Waals surface area contributed by atoms with E-state index in [-0.39, 0.29) is 17.9 Å². The molecule has 1 aliphatic heterocycles. The summed E-state index contributed by atoms with van der Waals surface area (Å²) >= 11 is 0. The fraction of sp³-hybridized carbons (Fsp3) is 0.778. The van der Waals surface area contributed by atoms with Crippen LogP contribution in [0.2, 0.25) is 0 Å². The molecule has 0 unspecified atom stereocenters. The molecule has 0 aromatic rings. The van der Waals surface area contributed by atoms with Crippen molar-refractivity contribution in [3.63, 3.8) is 0 Å². The summed E-state index contributed by atoms with van der Waals surface area (Å²) in [5.41, 5.74) is 0. The molecule has 0 aromatic heterocycles. The van der Waals surface area contributed by atoms with Crippen LogP contribution in [0, 0.1) is 11.8 Å². The number of hydrogen-bond donors (Lipinski definition) is 1. The normalized spacial score (nSPS) is 38.1. The molecule has 4 heteroatoms. The van der Waals surface area contributed by atoms with Gasteiger partial charge >= 0.3 is 5.97 Å². The second kappa shape index (κ2) is 2.72. The standard InChI is InChI=1S/C9H13NO3/c1-10-7(11)4-5-2-3-6(8(5)10)9(12)13/h5-6,8H,2-4H2,1H3,(H,12,13)/t5-,6+,8+/m0/s1. The minimum absolute atomic E-state index is 0.0370. The van der Waals surface area contributed by atoms with E-state index in [9.17, 15) is 9.59 Å². The molecule has 2 aliphatic rings. The molecular weight excluding hydrogens is 170 g/mol. The molecule has 1 saturated heterocycles. The maximum Gasteiger partial charge on any atom is 0.308 e. The van der Waals surface area contributed by atoms with Gasteiger partial charge in [-0.1, -0.05) is 0 Å². The molecule has 0 bridgehead atoms. The maximum atomic E-state index is 11.3. The largest absolute Gasteiger partial charge is 0.481 e. The quantitative estimate of drug-likeness (QED) is 0.637. The smallest absolute Gasteiger partial charge is 0.308 e. The van der Waals surface area contributed by atoms with Gasteiger partial charge in [0.2, 0.25) is 5.91 Å². The number of carboxylic acid groups (broad SMARTS) is 1. The lowest BCUT2D eigenvalue weighted by Crippen LogP contribution is -2.37. The van der Waals surface area contributed by atoms with E-state index >= 15 is 0 Å². The summed E-state index contributed by atoms with van der Waals surface area (Å²) in [5.74, 6) is -0.699. The van der Waals surface area contributed by atoms with Gasteiger partial charge in [0.15, 0.2) is 0 Å². The molecule has 2 rings (SSSR count). The monoisotopic (exact) mass is 183 g/mol. The number of carbonyl (C=O) groups excluding carboxylic acids is 1. The first-order valence-electron chi connectivity index (χ1n) is 4.59. The number of fused-ring (bicyclic) bond motifs is 1. The van der Waals surface area contributed by atoms with Gasteiger partial charge in [-0.2, -0.15) is 0 Å². The molecule has 1 saturated carbocycles. The van der Waals surface area contributed by atoms with Crippen LogP contribution >= 0.6 is 0 Å². The Hall–Kier alpha value is -1.06. The SMILES string of the molecule is CN1C(=O)C[C@@H]2CC[C@@H](C(=O)O)[C@@H]21. The zero-order valence-corrected chi connectivity index (χ0v) is 7.56. The lowest BCUT2D eigenvalue weighted by molar-refractivity contribution is -0.143. The van der Waals surface area contributed by atoms with Crippen LogP contribution in [0.5, 0.6) is 0 Å².